The highest BCUT2D eigenvalue weighted by atomic mass is 16.6. The number of carbonyl (C=O) groups excluding carboxylic acids is 5. The van der Waals surface area contributed by atoms with Crippen molar-refractivity contribution >= 4 is 35.7 Å². The Morgan fingerprint density at radius 2 is 1.60 bits per heavy atom. The van der Waals surface area contributed by atoms with E-state index in [0.717, 1.165) is 22.3 Å². The molecule has 0 saturated heterocycles. The quantitative estimate of drug-likeness (QED) is 0.109. The van der Waals surface area contributed by atoms with E-state index >= 15 is 0 Å². The average Bonchev–Trinajstić information content (AvgIpc) is 3.43. The molecule has 0 saturated carbocycles. The Hall–Kier alpha value is -5.67. The summed E-state index contributed by atoms with van der Waals surface area (Å²) < 4.78 is 10.5. The summed E-state index contributed by atoms with van der Waals surface area (Å²) in [6.07, 6.45) is -0.969. The maximum absolute atomic E-state index is 13.3. The standard InChI is InChI=1S/C35H43N7O8/c1-42(35(48)50-21-29-27-9-4-2-7-25(27)26-8-3-5-10-28(26)29)19-23-17-24(13-12-22(23)20-43)40-32(45)30(11-6-15-38-33(37)46)41-31(44)18-39-34(47)49-16-14-36/h2-5,7-10,12-13,17,29-30,43H,6,11,14-16,18-21,36H2,1H3,(H,39,47)(H,40,45)(H,41,44)(H3,37,38,46). The van der Waals surface area contributed by atoms with Crippen LogP contribution in [0, 0.1) is 0 Å². The number of nitrogens with zero attached hydrogens (tertiary/aromatic N) is 1. The molecule has 1 unspecified atom stereocenters. The molecular weight excluding hydrogens is 646 g/mol. The zero-order valence-electron chi connectivity index (χ0n) is 27.8. The predicted molar refractivity (Wildman–Crippen MR) is 185 cm³/mol. The zero-order valence-corrected chi connectivity index (χ0v) is 27.8. The summed E-state index contributed by atoms with van der Waals surface area (Å²) in [6.45, 7) is -0.291. The maximum atomic E-state index is 13.3. The van der Waals surface area contributed by atoms with E-state index in [-0.39, 0.29) is 51.8 Å². The van der Waals surface area contributed by atoms with Crippen LogP contribution < -0.4 is 32.7 Å². The van der Waals surface area contributed by atoms with Gasteiger partial charge in [-0.25, -0.2) is 14.4 Å². The smallest absolute Gasteiger partial charge is 0.409 e. The molecule has 4 rings (SSSR count). The van der Waals surface area contributed by atoms with Gasteiger partial charge in [0.2, 0.25) is 11.8 Å². The number of urea groups is 1. The second kappa shape index (κ2) is 18.2. The fourth-order valence-corrected chi connectivity index (χ4v) is 5.65. The van der Waals surface area contributed by atoms with E-state index in [9.17, 15) is 29.1 Å². The number of aliphatic hydroxyl groups excluding tert-OH is 1. The van der Waals surface area contributed by atoms with Gasteiger partial charge in [-0.05, 0) is 58.4 Å². The van der Waals surface area contributed by atoms with Crippen LogP contribution in [0.3, 0.4) is 0 Å². The van der Waals surface area contributed by atoms with Crippen molar-refractivity contribution < 1.29 is 38.6 Å². The lowest BCUT2D eigenvalue weighted by atomic mass is 9.98. The van der Waals surface area contributed by atoms with Gasteiger partial charge in [0, 0.05) is 38.3 Å². The van der Waals surface area contributed by atoms with E-state index in [0.29, 0.717) is 23.2 Å². The number of alkyl carbamates (subject to hydrolysis) is 1. The van der Waals surface area contributed by atoms with Gasteiger partial charge < -0.3 is 52.2 Å². The summed E-state index contributed by atoms with van der Waals surface area (Å²) in [4.78, 5) is 63.2. The first-order chi connectivity index (χ1) is 24.1. The summed E-state index contributed by atoms with van der Waals surface area (Å²) in [5, 5.41) is 20.0. The summed E-state index contributed by atoms with van der Waals surface area (Å²) in [7, 11) is 1.58. The number of ether oxygens (including phenoxy) is 2. The molecular formula is C35H43N7O8. The summed E-state index contributed by atoms with van der Waals surface area (Å²) in [5.74, 6) is -1.33. The predicted octanol–water partition coefficient (Wildman–Crippen LogP) is 2.12. The molecule has 3 aromatic rings. The van der Waals surface area contributed by atoms with Crippen LogP contribution >= 0.6 is 0 Å². The Morgan fingerprint density at radius 1 is 0.920 bits per heavy atom. The van der Waals surface area contributed by atoms with Crippen molar-refractivity contribution in [2.45, 2.75) is 38.0 Å². The first-order valence-electron chi connectivity index (χ1n) is 16.1. The second-order valence-electron chi connectivity index (χ2n) is 11.6. The number of nitrogens with one attached hydrogen (secondary N) is 4. The number of hydrogen-bond donors (Lipinski definition) is 7. The van der Waals surface area contributed by atoms with E-state index in [4.69, 9.17) is 20.9 Å². The van der Waals surface area contributed by atoms with Crippen molar-refractivity contribution in [2.24, 2.45) is 11.5 Å². The van der Waals surface area contributed by atoms with Crippen molar-refractivity contribution in [1.29, 1.82) is 0 Å². The molecule has 15 nitrogen and oxygen atoms in total. The number of primary amides is 1. The van der Waals surface area contributed by atoms with Gasteiger partial charge in [-0.2, -0.15) is 0 Å². The monoisotopic (exact) mass is 689 g/mol. The minimum absolute atomic E-state index is 0.0239. The molecule has 0 heterocycles. The van der Waals surface area contributed by atoms with Gasteiger partial charge in [-0.1, -0.05) is 54.6 Å². The van der Waals surface area contributed by atoms with Gasteiger partial charge in [0.15, 0.2) is 0 Å². The molecule has 9 N–H and O–H groups in total. The highest BCUT2D eigenvalue weighted by Crippen LogP contribution is 2.44. The van der Waals surface area contributed by atoms with Crippen molar-refractivity contribution in [1.82, 2.24) is 20.9 Å². The summed E-state index contributed by atoms with van der Waals surface area (Å²) >= 11 is 0. The van der Waals surface area contributed by atoms with Crippen molar-refractivity contribution in [3.8, 4) is 11.1 Å². The van der Waals surface area contributed by atoms with Gasteiger partial charge in [0.1, 0.15) is 25.8 Å². The second-order valence-corrected chi connectivity index (χ2v) is 11.6. The third kappa shape index (κ3) is 10.2. The normalized spacial score (nSPS) is 12.1. The van der Waals surface area contributed by atoms with Gasteiger partial charge in [0.05, 0.1) is 6.61 Å². The molecule has 1 atom stereocenters. The number of fused-ring (bicyclic) bond motifs is 3. The SMILES string of the molecule is CN(Cc1cc(NC(=O)C(CCCNC(N)=O)NC(=O)CNC(=O)OCCN)ccc1CO)C(=O)OCC1c2ccccc2-c2ccccc21. The van der Waals surface area contributed by atoms with Crippen LogP contribution in [0.15, 0.2) is 66.7 Å². The van der Waals surface area contributed by atoms with Crippen LogP contribution in [-0.4, -0.2) is 86.0 Å². The lowest BCUT2D eigenvalue weighted by Gasteiger charge is -2.22. The summed E-state index contributed by atoms with van der Waals surface area (Å²) in [6, 6.07) is 19.1. The molecule has 0 bridgehead atoms. The van der Waals surface area contributed by atoms with Crippen molar-refractivity contribution in [2.75, 3.05) is 45.2 Å². The minimum Gasteiger partial charge on any atom is -0.448 e. The molecule has 15 heteroatoms. The van der Waals surface area contributed by atoms with Gasteiger partial charge >= 0.3 is 18.2 Å². The number of rotatable bonds is 16. The average molecular weight is 690 g/mol. The first-order valence-corrected chi connectivity index (χ1v) is 16.1. The Kier molecular flexibility index (Phi) is 13.5. The molecule has 0 spiro atoms. The Bertz CT molecular complexity index is 1640. The highest BCUT2D eigenvalue weighted by molar-refractivity contribution is 5.97. The molecule has 1 aliphatic carbocycles. The molecule has 50 heavy (non-hydrogen) atoms. The van der Waals surface area contributed by atoms with E-state index in [1.807, 2.05) is 36.4 Å². The summed E-state index contributed by atoms with van der Waals surface area (Å²) in [5.41, 5.74) is 16.3. The lowest BCUT2D eigenvalue weighted by molar-refractivity contribution is -0.126. The molecule has 0 fully saturated rings. The fraction of sp³-hybridized carbons (Fsp3) is 0.343. The van der Waals surface area contributed by atoms with Gasteiger partial charge in [0.25, 0.3) is 0 Å². The van der Waals surface area contributed by atoms with Crippen LogP contribution in [0.25, 0.3) is 11.1 Å². The van der Waals surface area contributed by atoms with E-state index in [1.54, 1.807) is 25.2 Å². The van der Waals surface area contributed by atoms with Crippen LogP contribution in [0.4, 0.5) is 20.1 Å². The Balaban J connectivity index is 1.39. The molecule has 0 aromatic heterocycles. The molecule has 6 amide bonds. The van der Waals surface area contributed by atoms with Crippen LogP contribution in [-0.2, 0) is 32.2 Å². The number of carbonyl (C=O) groups is 5. The number of amides is 6. The number of aliphatic hydroxyl groups is 1. The maximum Gasteiger partial charge on any atom is 0.409 e. The topological polar surface area (TPSA) is 227 Å². The number of nitrogens with two attached hydrogens (primary N) is 2. The Labute approximate surface area is 289 Å². The molecule has 266 valence electrons. The Morgan fingerprint density at radius 3 is 2.24 bits per heavy atom. The lowest BCUT2D eigenvalue weighted by Crippen LogP contribution is -2.48. The number of hydrogen-bond acceptors (Lipinski definition) is 9. The van der Waals surface area contributed by atoms with E-state index in [2.05, 4.69) is 33.4 Å². The molecule has 1 aliphatic rings. The fourth-order valence-electron chi connectivity index (χ4n) is 5.65. The van der Waals surface area contributed by atoms with Crippen molar-refractivity contribution in [3.05, 3.63) is 89.0 Å². The van der Waals surface area contributed by atoms with E-state index < -0.39 is 42.6 Å². The van der Waals surface area contributed by atoms with Crippen molar-refractivity contribution in [3.63, 3.8) is 0 Å². The zero-order chi connectivity index (χ0) is 36.0. The van der Waals surface area contributed by atoms with E-state index in [1.165, 1.54) is 4.90 Å². The molecule has 3 aromatic carbocycles. The number of anilines is 1. The minimum atomic E-state index is -1.05. The third-order valence-corrected chi connectivity index (χ3v) is 8.06. The van der Waals surface area contributed by atoms with Crippen LogP contribution in [0.5, 0.6) is 0 Å². The first kappa shape index (κ1) is 37.2. The molecule has 0 radical (unpaired) electrons. The van der Waals surface area contributed by atoms with Crippen LogP contribution in [0.2, 0.25) is 0 Å². The van der Waals surface area contributed by atoms with Gasteiger partial charge in [-0.3, -0.25) is 9.59 Å². The number of benzene rings is 3. The van der Waals surface area contributed by atoms with Gasteiger partial charge in [-0.15, -0.1) is 0 Å². The third-order valence-electron chi connectivity index (χ3n) is 8.06. The van der Waals surface area contributed by atoms with Crippen LogP contribution in [0.1, 0.15) is 41.0 Å². The highest BCUT2D eigenvalue weighted by Gasteiger charge is 2.29. The largest absolute Gasteiger partial charge is 0.448 e. The molecule has 0 aliphatic heterocycles.